The van der Waals surface area contributed by atoms with Gasteiger partial charge in [-0.2, -0.15) is 0 Å². The third kappa shape index (κ3) is 3.17. The number of nitrogens with two attached hydrogens (primary N) is 1. The molecule has 1 heterocycles. The van der Waals surface area contributed by atoms with E-state index in [9.17, 15) is 4.39 Å². The molecule has 4 heteroatoms. The Bertz CT molecular complexity index is 357. The molecular formula is C12H18ClFN2. The minimum absolute atomic E-state index is 0. The molecule has 0 amide bonds. The van der Waals surface area contributed by atoms with Crippen LogP contribution in [0, 0.1) is 12.7 Å². The van der Waals surface area contributed by atoms with Crippen molar-refractivity contribution in [3.05, 3.63) is 35.1 Å². The minimum Gasteiger partial charge on any atom is -0.326 e. The maximum Gasteiger partial charge on any atom is 0.126 e. The number of benzene rings is 1. The zero-order valence-corrected chi connectivity index (χ0v) is 10.3. The first-order valence-electron chi connectivity index (χ1n) is 5.38. The molecule has 16 heavy (non-hydrogen) atoms. The van der Waals surface area contributed by atoms with E-state index in [2.05, 4.69) is 4.90 Å². The van der Waals surface area contributed by atoms with E-state index >= 15 is 0 Å². The summed E-state index contributed by atoms with van der Waals surface area (Å²) in [6.07, 6.45) is 1.05. The molecule has 2 N–H and O–H groups in total. The van der Waals surface area contributed by atoms with Crippen LogP contribution in [0.2, 0.25) is 0 Å². The highest BCUT2D eigenvalue weighted by Gasteiger charge is 2.18. The Morgan fingerprint density at radius 1 is 1.50 bits per heavy atom. The lowest BCUT2D eigenvalue weighted by Gasteiger charge is -2.15. The first-order chi connectivity index (χ1) is 7.15. The Labute approximate surface area is 102 Å². The quantitative estimate of drug-likeness (QED) is 0.863. The summed E-state index contributed by atoms with van der Waals surface area (Å²) in [7, 11) is 0. The fourth-order valence-electron chi connectivity index (χ4n) is 2.00. The van der Waals surface area contributed by atoms with E-state index in [4.69, 9.17) is 5.73 Å². The van der Waals surface area contributed by atoms with Crippen LogP contribution in [-0.4, -0.2) is 24.0 Å². The van der Waals surface area contributed by atoms with Gasteiger partial charge in [0.05, 0.1) is 0 Å². The van der Waals surface area contributed by atoms with Crippen LogP contribution in [0.3, 0.4) is 0 Å². The van der Waals surface area contributed by atoms with Gasteiger partial charge in [-0.05, 0) is 30.5 Å². The van der Waals surface area contributed by atoms with Gasteiger partial charge in [-0.25, -0.2) is 4.39 Å². The van der Waals surface area contributed by atoms with Crippen LogP contribution in [0.5, 0.6) is 0 Å². The molecule has 1 aromatic carbocycles. The summed E-state index contributed by atoms with van der Waals surface area (Å²) in [5.41, 5.74) is 7.56. The van der Waals surface area contributed by atoms with Crippen molar-refractivity contribution in [3.8, 4) is 0 Å². The first kappa shape index (κ1) is 13.4. The largest absolute Gasteiger partial charge is 0.326 e. The maximum atomic E-state index is 13.3. The van der Waals surface area contributed by atoms with Crippen LogP contribution in [0.4, 0.5) is 4.39 Å². The third-order valence-electron chi connectivity index (χ3n) is 2.95. The van der Waals surface area contributed by atoms with Crippen LogP contribution in [0.15, 0.2) is 18.2 Å². The van der Waals surface area contributed by atoms with E-state index < -0.39 is 0 Å². The molecule has 1 aromatic rings. The number of likely N-dealkylation sites (tertiary alicyclic amines) is 1. The van der Waals surface area contributed by atoms with Gasteiger partial charge in [0.2, 0.25) is 0 Å². The average molecular weight is 245 g/mol. The molecule has 1 aliphatic rings. The molecule has 0 radical (unpaired) electrons. The van der Waals surface area contributed by atoms with Crippen molar-refractivity contribution in [2.45, 2.75) is 25.9 Å². The maximum absolute atomic E-state index is 13.3. The lowest BCUT2D eigenvalue weighted by atomic mass is 10.1. The van der Waals surface area contributed by atoms with Gasteiger partial charge in [-0.1, -0.05) is 12.1 Å². The fraction of sp³-hybridized carbons (Fsp3) is 0.500. The molecule has 0 bridgehead atoms. The van der Waals surface area contributed by atoms with Gasteiger partial charge < -0.3 is 5.73 Å². The molecule has 0 spiro atoms. The standard InChI is InChI=1S/C12H17FN2.ClH/c1-9-2-3-10(6-12(9)13)7-15-5-4-11(14)8-15;/h2-3,6,11H,4-5,7-8,14H2,1H3;1H/t11-;/m1./s1. The summed E-state index contributed by atoms with van der Waals surface area (Å²) in [4.78, 5) is 2.27. The Morgan fingerprint density at radius 3 is 2.81 bits per heavy atom. The summed E-state index contributed by atoms with van der Waals surface area (Å²) in [6, 6.07) is 5.74. The molecule has 0 aliphatic carbocycles. The summed E-state index contributed by atoms with van der Waals surface area (Å²) in [5, 5.41) is 0. The molecule has 0 unspecified atom stereocenters. The molecule has 1 fully saturated rings. The highest BCUT2D eigenvalue weighted by molar-refractivity contribution is 5.85. The van der Waals surface area contributed by atoms with Gasteiger partial charge in [0.25, 0.3) is 0 Å². The minimum atomic E-state index is -0.115. The van der Waals surface area contributed by atoms with Gasteiger partial charge in [-0.3, -0.25) is 4.90 Å². The summed E-state index contributed by atoms with van der Waals surface area (Å²) in [6.45, 7) is 4.54. The van der Waals surface area contributed by atoms with E-state index in [0.717, 1.165) is 31.6 Å². The normalized spacial score (nSPS) is 20.8. The number of hydrogen-bond acceptors (Lipinski definition) is 2. The predicted octanol–water partition coefficient (Wildman–Crippen LogP) is 2.09. The monoisotopic (exact) mass is 244 g/mol. The van der Waals surface area contributed by atoms with Gasteiger partial charge in [0, 0.05) is 25.7 Å². The van der Waals surface area contributed by atoms with E-state index in [-0.39, 0.29) is 18.2 Å². The van der Waals surface area contributed by atoms with Gasteiger partial charge in [0.15, 0.2) is 0 Å². The SMILES string of the molecule is Cc1ccc(CN2CC[C@@H](N)C2)cc1F.Cl. The lowest BCUT2D eigenvalue weighted by Crippen LogP contribution is -2.26. The zero-order chi connectivity index (χ0) is 10.8. The molecular weight excluding hydrogens is 227 g/mol. The smallest absolute Gasteiger partial charge is 0.126 e. The van der Waals surface area contributed by atoms with Crippen molar-refractivity contribution in [3.63, 3.8) is 0 Å². The molecule has 0 saturated carbocycles. The summed E-state index contributed by atoms with van der Waals surface area (Å²) >= 11 is 0. The lowest BCUT2D eigenvalue weighted by molar-refractivity contribution is 0.326. The van der Waals surface area contributed by atoms with Crippen LogP contribution >= 0.6 is 12.4 Å². The number of hydrogen-bond donors (Lipinski definition) is 1. The molecule has 1 atom stereocenters. The molecule has 2 nitrogen and oxygen atoms in total. The van der Waals surface area contributed by atoms with Crippen LogP contribution in [0.1, 0.15) is 17.5 Å². The van der Waals surface area contributed by atoms with Crippen molar-refractivity contribution >= 4 is 12.4 Å². The Hall–Kier alpha value is -0.640. The summed E-state index contributed by atoms with van der Waals surface area (Å²) < 4.78 is 13.3. The Kier molecular flexibility index (Phi) is 4.71. The third-order valence-corrected chi connectivity index (χ3v) is 2.95. The van der Waals surface area contributed by atoms with Crippen molar-refractivity contribution < 1.29 is 4.39 Å². The molecule has 1 aliphatic heterocycles. The second kappa shape index (κ2) is 5.62. The van der Waals surface area contributed by atoms with Gasteiger partial charge in [0.1, 0.15) is 5.82 Å². The molecule has 90 valence electrons. The van der Waals surface area contributed by atoms with Crippen LogP contribution in [0.25, 0.3) is 0 Å². The van der Waals surface area contributed by atoms with Crippen molar-refractivity contribution in [2.24, 2.45) is 5.73 Å². The highest BCUT2D eigenvalue weighted by atomic mass is 35.5. The number of aryl methyl sites for hydroxylation is 1. The Balaban J connectivity index is 0.00000128. The van der Waals surface area contributed by atoms with Gasteiger partial charge >= 0.3 is 0 Å². The number of nitrogens with zero attached hydrogens (tertiary/aromatic N) is 1. The topological polar surface area (TPSA) is 29.3 Å². The Morgan fingerprint density at radius 2 is 2.25 bits per heavy atom. The average Bonchev–Trinajstić information content (AvgIpc) is 2.58. The van der Waals surface area contributed by atoms with Gasteiger partial charge in [-0.15, -0.1) is 12.4 Å². The van der Waals surface area contributed by atoms with Crippen molar-refractivity contribution in [1.82, 2.24) is 4.90 Å². The van der Waals surface area contributed by atoms with Crippen molar-refractivity contribution in [2.75, 3.05) is 13.1 Å². The first-order valence-corrected chi connectivity index (χ1v) is 5.38. The predicted molar refractivity (Wildman–Crippen MR) is 66.3 cm³/mol. The van der Waals surface area contributed by atoms with Crippen LogP contribution < -0.4 is 5.73 Å². The summed E-state index contributed by atoms with van der Waals surface area (Å²) in [5.74, 6) is -0.115. The van der Waals surface area contributed by atoms with E-state index in [0.29, 0.717) is 11.6 Å². The molecule has 0 aromatic heterocycles. The second-order valence-electron chi connectivity index (χ2n) is 4.37. The van der Waals surface area contributed by atoms with Crippen molar-refractivity contribution in [1.29, 1.82) is 0 Å². The van der Waals surface area contributed by atoms with Crippen LogP contribution in [-0.2, 0) is 6.54 Å². The molecule has 1 saturated heterocycles. The van der Waals surface area contributed by atoms with E-state index in [1.54, 1.807) is 13.0 Å². The number of halogens is 2. The fourth-order valence-corrected chi connectivity index (χ4v) is 2.00. The van der Waals surface area contributed by atoms with E-state index in [1.807, 2.05) is 12.1 Å². The molecule has 2 rings (SSSR count). The zero-order valence-electron chi connectivity index (χ0n) is 9.45. The number of rotatable bonds is 2. The highest BCUT2D eigenvalue weighted by Crippen LogP contribution is 2.14. The second-order valence-corrected chi connectivity index (χ2v) is 4.37. The van der Waals surface area contributed by atoms with E-state index in [1.165, 1.54) is 0 Å².